The number of nitrogen functional groups attached to an aromatic ring is 1. The van der Waals surface area contributed by atoms with Gasteiger partial charge in [0.25, 0.3) is 0 Å². The standard InChI is InChI=1S/C12H17NO2S/c1-3-16-7-6-15-12-5-4-10(13)8-11(12)9(2)14/h4-5,8H,3,6-7,13H2,1-2H3. The minimum atomic E-state index is -0.0227. The molecule has 2 N–H and O–H groups in total. The molecule has 0 saturated carbocycles. The number of ether oxygens (including phenoxy) is 1. The summed E-state index contributed by atoms with van der Waals surface area (Å²) in [6, 6.07) is 5.15. The van der Waals surface area contributed by atoms with Crippen molar-refractivity contribution in [3.05, 3.63) is 23.8 Å². The molecule has 0 unspecified atom stereocenters. The second-order valence-electron chi connectivity index (χ2n) is 3.36. The molecule has 0 aromatic heterocycles. The lowest BCUT2D eigenvalue weighted by atomic mass is 10.1. The molecule has 0 atom stereocenters. The minimum absolute atomic E-state index is 0.0227. The first-order valence-corrected chi connectivity index (χ1v) is 6.41. The molecular formula is C12H17NO2S. The zero-order valence-electron chi connectivity index (χ0n) is 9.66. The lowest BCUT2D eigenvalue weighted by Crippen LogP contribution is -2.05. The number of benzene rings is 1. The molecular weight excluding hydrogens is 222 g/mol. The maximum absolute atomic E-state index is 11.4. The number of anilines is 1. The summed E-state index contributed by atoms with van der Waals surface area (Å²) in [5.41, 5.74) is 6.77. The van der Waals surface area contributed by atoms with Crippen LogP contribution in [0.3, 0.4) is 0 Å². The van der Waals surface area contributed by atoms with Gasteiger partial charge in [-0.25, -0.2) is 0 Å². The Morgan fingerprint density at radius 2 is 2.25 bits per heavy atom. The number of thioether (sulfide) groups is 1. The number of hydrogen-bond acceptors (Lipinski definition) is 4. The van der Waals surface area contributed by atoms with Gasteiger partial charge in [-0.15, -0.1) is 0 Å². The molecule has 0 bridgehead atoms. The Morgan fingerprint density at radius 3 is 2.88 bits per heavy atom. The molecule has 1 rings (SSSR count). The van der Waals surface area contributed by atoms with Crippen molar-refractivity contribution in [2.24, 2.45) is 0 Å². The predicted octanol–water partition coefficient (Wildman–Crippen LogP) is 2.60. The van der Waals surface area contributed by atoms with Gasteiger partial charge in [-0.1, -0.05) is 6.92 Å². The Kier molecular flexibility index (Phi) is 5.19. The summed E-state index contributed by atoms with van der Waals surface area (Å²) in [5, 5.41) is 0. The van der Waals surface area contributed by atoms with E-state index in [1.165, 1.54) is 6.92 Å². The van der Waals surface area contributed by atoms with E-state index < -0.39 is 0 Å². The SMILES string of the molecule is CCSCCOc1ccc(N)cc1C(C)=O. The Balaban J connectivity index is 2.67. The lowest BCUT2D eigenvalue weighted by Gasteiger charge is -2.09. The van der Waals surface area contributed by atoms with E-state index in [-0.39, 0.29) is 5.78 Å². The van der Waals surface area contributed by atoms with Gasteiger partial charge in [0, 0.05) is 11.4 Å². The summed E-state index contributed by atoms with van der Waals surface area (Å²) in [6.45, 7) is 4.24. The molecule has 0 saturated heterocycles. The number of carbonyl (C=O) groups excluding carboxylic acids is 1. The summed E-state index contributed by atoms with van der Waals surface area (Å²) in [5.74, 6) is 2.60. The van der Waals surface area contributed by atoms with Crippen LogP contribution in [-0.2, 0) is 0 Å². The van der Waals surface area contributed by atoms with Gasteiger partial charge in [-0.05, 0) is 30.9 Å². The Hall–Kier alpha value is -1.16. The van der Waals surface area contributed by atoms with E-state index in [9.17, 15) is 4.79 Å². The number of nitrogens with two attached hydrogens (primary N) is 1. The fourth-order valence-corrected chi connectivity index (χ4v) is 1.79. The first-order chi connectivity index (χ1) is 7.65. The maximum Gasteiger partial charge on any atom is 0.163 e. The van der Waals surface area contributed by atoms with Crippen molar-refractivity contribution >= 4 is 23.2 Å². The van der Waals surface area contributed by atoms with Crippen molar-refractivity contribution in [1.82, 2.24) is 0 Å². The highest BCUT2D eigenvalue weighted by molar-refractivity contribution is 7.99. The molecule has 16 heavy (non-hydrogen) atoms. The van der Waals surface area contributed by atoms with Crippen molar-refractivity contribution in [3.8, 4) is 5.75 Å². The minimum Gasteiger partial charge on any atom is -0.492 e. The molecule has 88 valence electrons. The van der Waals surface area contributed by atoms with Crippen LogP contribution in [0.5, 0.6) is 5.75 Å². The van der Waals surface area contributed by atoms with E-state index in [1.807, 2.05) is 11.8 Å². The van der Waals surface area contributed by atoms with Crippen LogP contribution in [0.1, 0.15) is 24.2 Å². The third kappa shape index (κ3) is 3.77. The predicted molar refractivity (Wildman–Crippen MR) is 69.4 cm³/mol. The van der Waals surface area contributed by atoms with Crippen molar-refractivity contribution in [1.29, 1.82) is 0 Å². The second kappa shape index (κ2) is 6.43. The van der Waals surface area contributed by atoms with Crippen molar-refractivity contribution in [3.63, 3.8) is 0 Å². The molecule has 3 nitrogen and oxygen atoms in total. The second-order valence-corrected chi connectivity index (χ2v) is 4.75. The third-order valence-corrected chi connectivity index (χ3v) is 2.94. The summed E-state index contributed by atoms with van der Waals surface area (Å²) in [7, 11) is 0. The molecule has 1 aromatic rings. The van der Waals surface area contributed by atoms with Crippen LogP contribution in [-0.4, -0.2) is 23.9 Å². The number of hydrogen-bond donors (Lipinski definition) is 1. The topological polar surface area (TPSA) is 52.3 Å². The van der Waals surface area contributed by atoms with Gasteiger partial charge in [0.2, 0.25) is 0 Å². The number of carbonyl (C=O) groups is 1. The summed E-state index contributed by atoms with van der Waals surface area (Å²) in [6.07, 6.45) is 0. The fraction of sp³-hybridized carbons (Fsp3) is 0.417. The average Bonchev–Trinajstić information content (AvgIpc) is 2.26. The summed E-state index contributed by atoms with van der Waals surface area (Å²) >= 11 is 1.81. The third-order valence-electron chi connectivity index (χ3n) is 2.07. The Morgan fingerprint density at radius 1 is 1.50 bits per heavy atom. The van der Waals surface area contributed by atoms with Gasteiger partial charge in [-0.2, -0.15) is 11.8 Å². The summed E-state index contributed by atoms with van der Waals surface area (Å²) in [4.78, 5) is 11.4. The number of Topliss-reactive ketones (excluding diaryl/α,β-unsaturated/α-hetero) is 1. The molecule has 0 spiro atoms. The molecule has 0 amide bonds. The Bertz CT molecular complexity index is 366. The first-order valence-electron chi connectivity index (χ1n) is 5.26. The van der Waals surface area contributed by atoms with Crippen LogP contribution in [0.4, 0.5) is 5.69 Å². The fourth-order valence-electron chi connectivity index (χ4n) is 1.30. The van der Waals surface area contributed by atoms with Crippen molar-refractivity contribution in [2.75, 3.05) is 23.8 Å². The number of rotatable bonds is 6. The number of ketones is 1. The normalized spacial score (nSPS) is 10.1. The average molecular weight is 239 g/mol. The highest BCUT2D eigenvalue weighted by atomic mass is 32.2. The molecule has 0 heterocycles. The molecule has 0 aliphatic heterocycles. The molecule has 4 heteroatoms. The van der Waals surface area contributed by atoms with E-state index in [4.69, 9.17) is 10.5 Å². The van der Waals surface area contributed by atoms with E-state index >= 15 is 0 Å². The largest absolute Gasteiger partial charge is 0.492 e. The van der Waals surface area contributed by atoms with Crippen molar-refractivity contribution < 1.29 is 9.53 Å². The van der Waals surface area contributed by atoms with Crippen LogP contribution in [0.25, 0.3) is 0 Å². The molecule has 0 aliphatic carbocycles. The van der Waals surface area contributed by atoms with Gasteiger partial charge < -0.3 is 10.5 Å². The van der Waals surface area contributed by atoms with Crippen LogP contribution in [0, 0.1) is 0 Å². The molecule has 0 aliphatic rings. The van der Waals surface area contributed by atoms with Crippen LogP contribution in [0.2, 0.25) is 0 Å². The Labute approximate surface area is 100 Å². The smallest absolute Gasteiger partial charge is 0.163 e. The molecule has 0 radical (unpaired) electrons. The van der Waals surface area contributed by atoms with E-state index in [0.29, 0.717) is 23.6 Å². The quantitative estimate of drug-likeness (QED) is 0.471. The van der Waals surface area contributed by atoms with Gasteiger partial charge >= 0.3 is 0 Å². The first kappa shape index (κ1) is 12.9. The zero-order valence-corrected chi connectivity index (χ0v) is 10.5. The molecule has 1 aromatic carbocycles. The van der Waals surface area contributed by atoms with Crippen LogP contribution in [0.15, 0.2) is 18.2 Å². The summed E-state index contributed by atoms with van der Waals surface area (Å²) < 4.78 is 5.56. The lowest BCUT2D eigenvalue weighted by molar-refractivity contribution is 0.101. The van der Waals surface area contributed by atoms with E-state index in [0.717, 1.165) is 11.5 Å². The monoisotopic (exact) mass is 239 g/mol. The van der Waals surface area contributed by atoms with Gasteiger partial charge in [0.1, 0.15) is 5.75 Å². The van der Waals surface area contributed by atoms with Gasteiger partial charge in [0.05, 0.1) is 12.2 Å². The van der Waals surface area contributed by atoms with Crippen LogP contribution < -0.4 is 10.5 Å². The highest BCUT2D eigenvalue weighted by Gasteiger charge is 2.08. The van der Waals surface area contributed by atoms with E-state index in [1.54, 1.807) is 18.2 Å². The molecule has 0 fully saturated rings. The van der Waals surface area contributed by atoms with Gasteiger partial charge in [0.15, 0.2) is 5.78 Å². The maximum atomic E-state index is 11.4. The van der Waals surface area contributed by atoms with E-state index in [2.05, 4.69) is 6.92 Å². The van der Waals surface area contributed by atoms with Crippen molar-refractivity contribution in [2.45, 2.75) is 13.8 Å². The zero-order chi connectivity index (χ0) is 12.0. The van der Waals surface area contributed by atoms with Gasteiger partial charge in [-0.3, -0.25) is 4.79 Å². The highest BCUT2D eigenvalue weighted by Crippen LogP contribution is 2.22. The van der Waals surface area contributed by atoms with Crippen LogP contribution >= 0.6 is 11.8 Å².